The Morgan fingerprint density at radius 2 is 2.05 bits per heavy atom. The summed E-state index contributed by atoms with van der Waals surface area (Å²) in [5, 5.41) is 6.84. The third-order valence-electron chi connectivity index (χ3n) is 3.63. The van der Waals surface area contributed by atoms with Gasteiger partial charge >= 0.3 is 0 Å². The zero-order valence-corrected chi connectivity index (χ0v) is 11.7. The maximum atomic E-state index is 12.7. The molecule has 0 spiro atoms. The molecule has 1 aromatic heterocycles. The molecule has 1 aliphatic heterocycles. The maximum absolute atomic E-state index is 12.7. The normalized spacial score (nSPS) is 18.4. The largest absolute Gasteiger partial charge is 0.352 e. The monoisotopic (exact) mass is 284 g/mol. The van der Waals surface area contributed by atoms with Crippen molar-refractivity contribution in [2.45, 2.75) is 6.04 Å². The molecule has 1 N–H and O–H groups in total. The molecule has 2 heterocycles. The Morgan fingerprint density at radius 3 is 2.71 bits per heavy atom. The van der Waals surface area contributed by atoms with Gasteiger partial charge in [-0.15, -0.1) is 0 Å². The van der Waals surface area contributed by atoms with Crippen molar-refractivity contribution in [3.63, 3.8) is 0 Å². The van der Waals surface area contributed by atoms with Crippen molar-refractivity contribution in [2.75, 3.05) is 13.1 Å². The molecule has 1 aromatic carbocycles. The van der Waals surface area contributed by atoms with Gasteiger partial charge in [0.05, 0.1) is 0 Å². The molecule has 1 saturated heterocycles. The van der Waals surface area contributed by atoms with Crippen molar-refractivity contribution in [1.82, 2.24) is 20.0 Å². The fourth-order valence-electron chi connectivity index (χ4n) is 2.58. The average Bonchev–Trinajstić information content (AvgIpc) is 2.93. The van der Waals surface area contributed by atoms with Crippen molar-refractivity contribution >= 4 is 11.8 Å². The first-order valence-corrected chi connectivity index (χ1v) is 6.80. The van der Waals surface area contributed by atoms with Crippen LogP contribution in [-0.2, 0) is 11.8 Å². The smallest absolute Gasteiger partial charge is 0.273 e. The Balaban J connectivity index is 1.97. The molecule has 1 atom stereocenters. The quantitative estimate of drug-likeness (QED) is 0.884. The number of aryl methyl sites for hydroxylation is 1. The summed E-state index contributed by atoms with van der Waals surface area (Å²) in [4.78, 5) is 26.5. The Bertz CT molecular complexity index is 665. The second-order valence-corrected chi connectivity index (χ2v) is 4.94. The van der Waals surface area contributed by atoms with E-state index >= 15 is 0 Å². The van der Waals surface area contributed by atoms with Gasteiger partial charge in [0.2, 0.25) is 5.91 Å². The molecule has 6 nitrogen and oxygen atoms in total. The van der Waals surface area contributed by atoms with Gasteiger partial charge in [-0.25, -0.2) is 0 Å². The SMILES string of the molecule is Cn1nccc1C(=O)N1CCNC(=O)C1c1ccccc1. The zero-order valence-electron chi connectivity index (χ0n) is 11.7. The Morgan fingerprint density at radius 1 is 1.29 bits per heavy atom. The molecule has 1 fully saturated rings. The highest BCUT2D eigenvalue weighted by Gasteiger charge is 2.35. The summed E-state index contributed by atoms with van der Waals surface area (Å²) in [5.41, 5.74) is 1.29. The summed E-state index contributed by atoms with van der Waals surface area (Å²) < 4.78 is 1.52. The van der Waals surface area contributed by atoms with Crippen LogP contribution in [0.5, 0.6) is 0 Å². The van der Waals surface area contributed by atoms with Gasteiger partial charge in [0.25, 0.3) is 5.91 Å². The highest BCUT2D eigenvalue weighted by molar-refractivity contribution is 5.97. The Labute approximate surface area is 122 Å². The van der Waals surface area contributed by atoms with Crippen molar-refractivity contribution in [2.24, 2.45) is 7.05 Å². The molecule has 21 heavy (non-hydrogen) atoms. The Kier molecular flexibility index (Phi) is 3.43. The van der Waals surface area contributed by atoms with E-state index in [2.05, 4.69) is 10.4 Å². The molecule has 3 rings (SSSR count). The Hall–Kier alpha value is -2.63. The topological polar surface area (TPSA) is 67.2 Å². The van der Waals surface area contributed by atoms with Gasteiger partial charge in [0, 0.05) is 26.3 Å². The number of carbonyl (C=O) groups excluding carboxylic acids is 2. The summed E-state index contributed by atoms with van der Waals surface area (Å²) >= 11 is 0. The van der Waals surface area contributed by atoms with Crippen LogP contribution >= 0.6 is 0 Å². The minimum absolute atomic E-state index is 0.150. The number of aromatic nitrogens is 2. The van der Waals surface area contributed by atoms with Crippen LogP contribution in [0.15, 0.2) is 42.6 Å². The standard InChI is InChI=1S/C15H16N4O2/c1-18-12(7-8-17-18)15(21)19-10-9-16-14(20)13(19)11-5-3-2-4-6-11/h2-8,13H,9-10H2,1H3,(H,16,20). The van der Waals surface area contributed by atoms with Crippen LogP contribution in [0.2, 0.25) is 0 Å². The van der Waals surface area contributed by atoms with Gasteiger partial charge in [-0.2, -0.15) is 5.10 Å². The van der Waals surface area contributed by atoms with Crippen molar-refractivity contribution < 1.29 is 9.59 Å². The number of rotatable bonds is 2. The van der Waals surface area contributed by atoms with Crippen LogP contribution in [0.1, 0.15) is 22.1 Å². The molecule has 0 bridgehead atoms. The number of piperazine rings is 1. The van der Waals surface area contributed by atoms with E-state index in [1.165, 1.54) is 4.68 Å². The molecule has 6 heteroatoms. The van der Waals surface area contributed by atoms with Crippen LogP contribution in [-0.4, -0.2) is 39.6 Å². The fourth-order valence-corrected chi connectivity index (χ4v) is 2.58. The summed E-state index contributed by atoms with van der Waals surface area (Å²) in [6, 6.07) is 10.4. The van der Waals surface area contributed by atoms with E-state index in [0.29, 0.717) is 18.8 Å². The van der Waals surface area contributed by atoms with Crippen LogP contribution in [0.4, 0.5) is 0 Å². The van der Waals surface area contributed by atoms with Crippen molar-refractivity contribution in [3.05, 3.63) is 53.9 Å². The van der Waals surface area contributed by atoms with E-state index in [4.69, 9.17) is 0 Å². The highest BCUT2D eigenvalue weighted by Crippen LogP contribution is 2.24. The first-order chi connectivity index (χ1) is 10.2. The second-order valence-electron chi connectivity index (χ2n) is 4.94. The molecule has 1 unspecified atom stereocenters. The lowest BCUT2D eigenvalue weighted by atomic mass is 10.0. The lowest BCUT2D eigenvalue weighted by Crippen LogP contribution is -2.52. The summed E-state index contributed by atoms with van der Waals surface area (Å²) in [5.74, 6) is -0.332. The van der Waals surface area contributed by atoms with E-state index in [1.807, 2.05) is 30.3 Å². The lowest BCUT2D eigenvalue weighted by Gasteiger charge is -2.35. The second kappa shape index (κ2) is 5.40. The molecule has 0 aliphatic carbocycles. The molecule has 108 valence electrons. The van der Waals surface area contributed by atoms with Gasteiger partial charge < -0.3 is 10.2 Å². The van der Waals surface area contributed by atoms with Crippen LogP contribution in [0.3, 0.4) is 0 Å². The molecule has 0 radical (unpaired) electrons. The lowest BCUT2D eigenvalue weighted by molar-refractivity contribution is -0.128. The van der Waals surface area contributed by atoms with Gasteiger partial charge in [0.15, 0.2) is 0 Å². The number of nitrogens with zero attached hydrogens (tertiary/aromatic N) is 3. The molecule has 2 amide bonds. The van der Waals surface area contributed by atoms with Crippen molar-refractivity contribution in [1.29, 1.82) is 0 Å². The van der Waals surface area contributed by atoms with Crippen LogP contribution in [0.25, 0.3) is 0 Å². The van der Waals surface area contributed by atoms with E-state index in [0.717, 1.165) is 5.56 Å². The molecular formula is C15H16N4O2. The summed E-state index contributed by atoms with van der Waals surface area (Å²) in [6.07, 6.45) is 1.58. The molecule has 0 saturated carbocycles. The number of amides is 2. The molecule has 1 aliphatic rings. The predicted octanol–water partition coefficient (Wildman–Crippen LogP) is 0.733. The fraction of sp³-hybridized carbons (Fsp3) is 0.267. The summed E-state index contributed by atoms with van der Waals surface area (Å²) in [7, 11) is 1.72. The van der Waals surface area contributed by atoms with Crippen LogP contribution < -0.4 is 5.32 Å². The number of hydrogen-bond acceptors (Lipinski definition) is 3. The number of nitrogens with one attached hydrogen (secondary N) is 1. The van der Waals surface area contributed by atoms with Crippen molar-refractivity contribution in [3.8, 4) is 0 Å². The first-order valence-electron chi connectivity index (χ1n) is 6.80. The number of benzene rings is 1. The van der Waals surface area contributed by atoms with E-state index in [9.17, 15) is 9.59 Å². The van der Waals surface area contributed by atoms with Crippen LogP contribution in [0, 0.1) is 0 Å². The maximum Gasteiger partial charge on any atom is 0.273 e. The van der Waals surface area contributed by atoms with E-state index in [-0.39, 0.29) is 11.8 Å². The molecular weight excluding hydrogens is 268 g/mol. The average molecular weight is 284 g/mol. The van der Waals surface area contributed by atoms with Gasteiger partial charge in [-0.3, -0.25) is 14.3 Å². The predicted molar refractivity (Wildman–Crippen MR) is 76.4 cm³/mol. The third kappa shape index (κ3) is 2.40. The molecule has 2 aromatic rings. The number of carbonyl (C=O) groups is 2. The third-order valence-corrected chi connectivity index (χ3v) is 3.63. The highest BCUT2D eigenvalue weighted by atomic mass is 16.2. The summed E-state index contributed by atoms with van der Waals surface area (Å²) in [6.45, 7) is 0.946. The zero-order chi connectivity index (χ0) is 14.8. The van der Waals surface area contributed by atoms with Gasteiger partial charge in [-0.1, -0.05) is 30.3 Å². The number of hydrogen-bond donors (Lipinski definition) is 1. The first kappa shape index (κ1) is 13.4. The minimum atomic E-state index is -0.595. The minimum Gasteiger partial charge on any atom is -0.352 e. The van der Waals surface area contributed by atoms with E-state index in [1.54, 1.807) is 24.2 Å². The van der Waals surface area contributed by atoms with E-state index < -0.39 is 6.04 Å². The van der Waals surface area contributed by atoms with Gasteiger partial charge in [0.1, 0.15) is 11.7 Å². The van der Waals surface area contributed by atoms with Gasteiger partial charge in [-0.05, 0) is 11.6 Å².